The number of fused-ring (bicyclic) bond motifs is 1. The molecule has 6 nitrogen and oxygen atoms in total. The van der Waals surface area contributed by atoms with Crippen LogP contribution >= 0.6 is 11.8 Å². The van der Waals surface area contributed by atoms with Crippen molar-refractivity contribution in [1.82, 2.24) is 9.78 Å². The molecule has 2 N–H and O–H groups in total. The Morgan fingerprint density at radius 3 is 2.78 bits per heavy atom. The fourth-order valence-corrected chi connectivity index (χ4v) is 3.52. The number of carbonyl (C=O) groups excluding carboxylic acids is 2. The summed E-state index contributed by atoms with van der Waals surface area (Å²) in [6.07, 6.45) is 2.03. The topological polar surface area (TPSA) is 76.0 Å². The van der Waals surface area contributed by atoms with E-state index in [4.69, 9.17) is 0 Å². The van der Waals surface area contributed by atoms with E-state index in [1.54, 1.807) is 22.5 Å². The number of rotatable bonds is 4. The van der Waals surface area contributed by atoms with Crippen LogP contribution in [-0.2, 0) is 9.59 Å². The second-order valence-corrected chi connectivity index (χ2v) is 7.09. The van der Waals surface area contributed by atoms with E-state index in [-0.39, 0.29) is 18.2 Å². The maximum Gasteiger partial charge on any atom is 0.249 e. The molecule has 0 saturated heterocycles. The molecule has 0 aliphatic carbocycles. The lowest BCUT2D eigenvalue weighted by Crippen LogP contribution is -2.35. The molecule has 1 unspecified atom stereocenters. The Labute approximate surface area is 161 Å². The number of carbonyl (C=O) groups is 2. The summed E-state index contributed by atoms with van der Waals surface area (Å²) in [5.41, 5.74) is 2.35. The third-order valence-corrected chi connectivity index (χ3v) is 5.11. The second kappa shape index (κ2) is 7.28. The first-order chi connectivity index (χ1) is 13.1. The summed E-state index contributed by atoms with van der Waals surface area (Å²) < 4.78 is 1.59. The molecule has 1 atom stereocenters. The van der Waals surface area contributed by atoms with Gasteiger partial charge in [-0.05, 0) is 24.5 Å². The normalized spacial score (nSPS) is 15.7. The molecule has 0 bridgehead atoms. The summed E-state index contributed by atoms with van der Waals surface area (Å²) in [5, 5.41) is 10.3. The maximum atomic E-state index is 12.9. The number of aromatic nitrogens is 2. The van der Waals surface area contributed by atoms with Crippen LogP contribution in [0, 0.1) is 0 Å². The lowest BCUT2D eigenvalue weighted by atomic mass is 10.1. The number of hydrogen-bond acceptors (Lipinski definition) is 4. The van der Waals surface area contributed by atoms with Crippen molar-refractivity contribution in [3.8, 4) is 11.3 Å². The third kappa shape index (κ3) is 3.59. The summed E-state index contributed by atoms with van der Waals surface area (Å²) in [7, 11) is 0. The van der Waals surface area contributed by atoms with E-state index in [9.17, 15) is 9.59 Å². The van der Waals surface area contributed by atoms with E-state index in [1.165, 1.54) is 0 Å². The molecule has 136 valence electrons. The van der Waals surface area contributed by atoms with Crippen LogP contribution in [0.1, 0.15) is 12.5 Å². The number of anilines is 2. The molecule has 0 saturated carbocycles. The summed E-state index contributed by atoms with van der Waals surface area (Å²) in [4.78, 5) is 26.0. The summed E-state index contributed by atoms with van der Waals surface area (Å²) in [6, 6.07) is 18.4. The minimum absolute atomic E-state index is 0.0525. The number of nitrogens with one attached hydrogen (secondary N) is 2. The number of amides is 2. The molecule has 2 amide bonds. The maximum absolute atomic E-state index is 12.9. The highest BCUT2D eigenvalue weighted by atomic mass is 32.2. The number of nitrogens with zero attached hydrogens (tertiary/aromatic N) is 2. The highest BCUT2D eigenvalue weighted by Gasteiger charge is 2.32. The van der Waals surface area contributed by atoms with Gasteiger partial charge >= 0.3 is 0 Å². The first kappa shape index (κ1) is 17.4. The molecule has 1 aromatic heterocycles. The molecule has 7 heteroatoms. The molecule has 2 heterocycles. The van der Waals surface area contributed by atoms with E-state index in [2.05, 4.69) is 15.7 Å². The molecule has 1 aliphatic rings. The highest BCUT2D eigenvalue weighted by Crippen LogP contribution is 2.30. The smallest absolute Gasteiger partial charge is 0.249 e. The van der Waals surface area contributed by atoms with E-state index in [0.29, 0.717) is 11.5 Å². The first-order valence-electron chi connectivity index (χ1n) is 8.54. The van der Waals surface area contributed by atoms with Crippen molar-refractivity contribution in [2.24, 2.45) is 0 Å². The molecule has 0 fully saturated rings. The number of benzene rings is 2. The van der Waals surface area contributed by atoms with Crippen LogP contribution in [0.15, 0.2) is 65.6 Å². The molecular formula is C20H18N4O2S. The molecule has 2 aromatic carbocycles. The van der Waals surface area contributed by atoms with Gasteiger partial charge in [-0.1, -0.05) is 36.4 Å². The van der Waals surface area contributed by atoms with Gasteiger partial charge in [-0.2, -0.15) is 5.10 Å². The Morgan fingerprint density at radius 2 is 2.00 bits per heavy atom. The van der Waals surface area contributed by atoms with Gasteiger partial charge in [-0.15, -0.1) is 11.8 Å². The van der Waals surface area contributed by atoms with Crippen molar-refractivity contribution in [3.05, 3.63) is 60.7 Å². The fourth-order valence-electron chi connectivity index (χ4n) is 3.06. The fraction of sp³-hybridized carbons (Fsp3) is 0.150. The van der Waals surface area contributed by atoms with Gasteiger partial charge in [0.1, 0.15) is 11.9 Å². The number of thioether (sulfide) groups is 1. The minimum Gasteiger partial charge on any atom is -0.324 e. The van der Waals surface area contributed by atoms with Gasteiger partial charge in [-0.3, -0.25) is 9.59 Å². The molecule has 1 aliphatic heterocycles. The van der Waals surface area contributed by atoms with Crippen LogP contribution in [0.2, 0.25) is 0 Å². The Kier molecular flexibility index (Phi) is 4.68. The minimum atomic E-state index is -0.691. The second-order valence-electron chi connectivity index (χ2n) is 6.21. The van der Waals surface area contributed by atoms with Crippen molar-refractivity contribution >= 4 is 35.1 Å². The van der Waals surface area contributed by atoms with Crippen LogP contribution in [-0.4, -0.2) is 27.9 Å². The molecule has 3 aromatic rings. The van der Waals surface area contributed by atoms with Crippen LogP contribution in [0.4, 0.5) is 11.5 Å². The zero-order chi connectivity index (χ0) is 18.8. The highest BCUT2D eigenvalue weighted by molar-refractivity contribution is 7.98. The summed E-state index contributed by atoms with van der Waals surface area (Å²) >= 11 is 1.60. The van der Waals surface area contributed by atoms with E-state index >= 15 is 0 Å². The quantitative estimate of drug-likeness (QED) is 0.677. The van der Waals surface area contributed by atoms with Crippen molar-refractivity contribution < 1.29 is 9.59 Å². The van der Waals surface area contributed by atoms with Gasteiger partial charge in [0.25, 0.3) is 0 Å². The number of hydrogen-bond donors (Lipinski definition) is 2. The van der Waals surface area contributed by atoms with E-state index in [1.807, 2.05) is 60.9 Å². The standard InChI is InChI=1S/C20H18N4O2S/c1-27-15-9-5-8-14(10-15)21-20(26)17-12-19(25)22-18-11-16(23-24(17)18)13-6-3-2-4-7-13/h2-11,17H,12H2,1H3,(H,21,26)(H,22,25). The lowest BCUT2D eigenvalue weighted by molar-refractivity contribution is -0.125. The van der Waals surface area contributed by atoms with Gasteiger partial charge < -0.3 is 10.6 Å². The Hall–Kier alpha value is -3.06. The molecule has 4 rings (SSSR count). The van der Waals surface area contributed by atoms with Crippen molar-refractivity contribution in [2.75, 3.05) is 16.9 Å². The van der Waals surface area contributed by atoms with Crippen LogP contribution in [0.25, 0.3) is 11.3 Å². The average Bonchev–Trinajstić information content (AvgIpc) is 3.12. The van der Waals surface area contributed by atoms with Gasteiger partial charge in [0.15, 0.2) is 0 Å². The SMILES string of the molecule is CSc1cccc(NC(=O)C2CC(=O)Nc3cc(-c4ccccc4)nn32)c1. The van der Waals surface area contributed by atoms with Crippen LogP contribution in [0.3, 0.4) is 0 Å². The monoisotopic (exact) mass is 378 g/mol. The Morgan fingerprint density at radius 1 is 1.19 bits per heavy atom. The lowest BCUT2D eigenvalue weighted by Gasteiger charge is -2.23. The Balaban J connectivity index is 1.63. The molecule has 0 radical (unpaired) electrons. The molecule has 27 heavy (non-hydrogen) atoms. The first-order valence-corrected chi connectivity index (χ1v) is 9.76. The molecule has 0 spiro atoms. The van der Waals surface area contributed by atoms with Crippen LogP contribution < -0.4 is 10.6 Å². The third-order valence-electron chi connectivity index (χ3n) is 4.39. The summed E-state index contributed by atoms with van der Waals surface area (Å²) in [6.45, 7) is 0. The van der Waals surface area contributed by atoms with Gasteiger partial charge in [0, 0.05) is 22.2 Å². The molecular weight excluding hydrogens is 360 g/mol. The van der Waals surface area contributed by atoms with Crippen molar-refractivity contribution in [3.63, 3.8) is 0 Å². The predicted octanol–water partition coefficient (Wildman–Crippen LogP) is 3.79. The van der Waals surface area contributed by atoms with E-state index < -0.39 is 6.04 Å². The zero-order valence-electron chi connectivity index (χ0n) is 14.7. The van der Waals surface area contributed by atoms with Gasteiger partial charge in [-0.25, -0.2) is 4.68 Å². The Bertz CT molecular complexity index is 1000. The zero-order valence-corrected chi connectivity index (χ0v) is 15.5. The largest absolute Gasteiger partial charge is 0.324 e. The van der Waals surface area contributed by atoms with Gasteiger partial charge in [0.2, 0.25) is 11.8 Å². The van der Waals surface area contributed by atoms with Crippen LogP contribution in [0.5, 0.6) is 0 Å². The predicted molar refractivity (Wildman–Crippen MR) is 107 cm³/mol. The van der Waals surface area contributed by atoms with Gasteiger partial charge in [0.05, 0.1) is 12.1 Å². The van der Waals surface area contributed by atoms with Crippen molar-refractivity contribution in [2.45, 2.75) is 17.4 Å². The summed E-state index contributed by atoms with van der Waals surface area (Å²) in [5.74, 6) is 0.0789. The van der Waals surface area contributed by atoms with Crippen molar-refractivity contribution in [1.29, 1.82) is 0 Å². The average molecular weight is 378 g/mol. The van der Waals surface area contributed by atoms with E-state index in [0.717, 1.165) is 16.2 Å².